The standard InChI is InChI=1S/C32H33ClIN3O6/c1-4-26(38)21-8-5-7-20(13-21)14-25(32(42)43)35-30(40)28-24(33)15-22-17-37(12-10-23(22)29(28)34)31(41)18(2)16-36-11-6-9-27(39)19(36)3/h4,6,8-9,11,13,15-16,25-26,38-39H,1,3,5,7,10,12,14,17H2,2H3,(H,35,40)(H,42,43)/b18-16+/t25-,26-/m0/s1. The Morgan fingerprint density at radius 1 is 1.28 bits per heavy atom. The normalized spacial score (nSPS) is 18.2. The molecule has 2 atom stereocenters. The van der Waals surface area contributed by atoms with E-state index in [4.69, 9.17) is 11.6 Å². The largest absolute Gasteiger partial charge is 0.506 e. The molecule has 0 saturated heterocycles. The van der Waals surface area contributed by atoms with Gasteiger partial charge in [0, 0.05) is 34.6 Å². The van der Waals surface area contributed by atoms with Crippen LogP contribution in [0.25, 0.3) is 0 Å². The fourth-order valence-electron chi connectivity index (χ4n) is 5.20. The molecule has 4 N–H and O–H groups in total. The number of carboxylic acid groups (broad SMARTS) is 1. The van der Waals surface area contributed by atoms with Gasteiger partial charge >= 0.3 is 5.97 Å². The van der Waals surface area contributed by atoms with Gasteiger partial charge in [-0.15, -0.1) is 6.58 Å². The number of nitrogens with one attached hydrogen (secondary N) is 1. The number of nitrogens with zero attached hydrogens (tertiary/aromatic N) is 2. The lowest BCUT2D eigenvalue weighted by Gasteiger charge is -2.31. The molecule has 2 aliphatic heterocycles. The van der Waals surface area contributed by atoms with Crippen LogP contribution in [0.15, 0.2) is 90.2 Å². The Kier molecular flexibility index (Phi) is 10.4. The summed E-state index contributed by atoms with van der Waals surface area (Å²) in [4.78, 5) is 42.0. The van der Waals surface area contributed by atoms with Crippen molar-refractivity contribution in [3.8, 4) is 0 Å². The summed E-state index contributed by atoms with van der Waals surface area (Å²) in [5.74, 6) is -1.93. The van der Waals surface area contributed by atoms with E-state index in [1.807, 2.05) is 6.08 Å². The molecule has 1 aliphatic carbocycles. The van der Waals surface area contributed by atoms with Gasteiger partial charge < -0.3 is 30.4 Å². The molecule has 2 amide bonds. The molecule has 0 fully saturated rings. The Morgan fingerprint density at radius 3 is 2.72 bits per heavy atom. The highest BCUT2D eigenvalue weighted by Crippen LogP contribution is 2.33. The predicted octanol–water partition coefficient (Wildman–Crippen LogP) is 5.28. The summed E-state index contributed by atoms with van der Waals surface area (Å²) in [5, 5.41) is 32.7. The zero-order valence-electron chi connectivity index (χ0n) is 23.6. The Labute approximate surface area is 269 Å². The molecule has 11 heteroatoms. The average molecular weight is 718 g/mol. The SMILES string of the molecule is C=C[C@H](O)C1=CCCC(C[C@H](NC(=O)c2c(Cl)cc3c(c2I)CCN(C(=O)/C(C)=C/N2C=CC=C(O)C2=C)C3)C(=O)O)=C1. The second kappa shape index (κ2) is 13.8. The van der Waals surface area contributed by atoms with Gasteiger partial charge in [0.05, 0.1) is 22.4 Å². The molecule has 226 valence electrons. The van der Waals surface area contributed by atoms with Crippen LogP contribution in [0.2, 0.25) is 5.02 Å². The lowest BCUT2D eigenvalue weighted by atomic mass is 9.92. The highest BCUT2D eigenvalue weighted by Gasteiger charge is 2.30. The average Bonchev–Trinajstić information content (AvgIpc) is 2.98. The van der Waals surface area contributed by atoms with Crippen molar-refractivity contribution in [2.75, 3.05) is 6.54 Å². The van der Waals surface area contributed by atoms with Crippen LogP contribution in [0.5, 0.6) is 0 Å². The number of benzene rings is 1. The maximum Gasteiger partial charge on any atom is 0.326 e. The van der Waals surface area contributed by atoms with E-state index in [0.717, 1.165) is 16.7 Å². The van der Waals surface area contributed by atoms with Crippen molar-refractivity contribution in [3.63, 3.8) is 0 Å². The zero-order valence-corrected chi connectivity index (χ0v) is 26.6. The molecule has 4 rings (SSSR count). The molecule has 1 aromatic rings. The molecule has 43 heavy (non-hydrogen) atoms. The number of hydrogen-bond acceptors (Lipinski definition) is 6. The Balaban J connectivity index is 1.49. The molecule has 0 aromatic heterocycles. The number of aliphatic hydroxyl groups is 2. The second-order valence-corrected chi connectivity index (χ2v) is 12.0. The van der Waals surface area contributed by atoms with Gasteiger partial charge in [-0.05, 0) is 90.1 Å². The summed E-state index contributed by atoms with van der Waals surface area (Å²) in [5.41, 5.74) is 4.17. The van der Waals surface area contributed by atoms with E-state index in [2.05, 4.69) is 41.1 Å². The first-order valence-corrected chi connectivity index (χ1v) is 15.1. The zero-order chi connectivity index (χ0) is 31.4. The van der Waals surface area contributed by atoms with Crippen LogP contribution in [-0.2, 0) is 22.6 Å². The molecule has 0 unspecified atom stereocenters. The van der Waals surface area contributed by atoms with Crippen LogP contribution in [0.3, 0.4) is 0 Å². The van der Waals surface area contributed by atoms with Crippen LogP contribution in [0.1, 0.15) is 47.7 Å². The molecule has 0 saturated carbocycles. The van der Waals surface area contributed by atoms with Crippen molar-refractivity contribution >= 4 is 52.0 Å². The van der Waals surface area contributed by atoms with Crippen LogP contribution < -0.4 is 5.32 Å². The van der Waals surface area contributed by atoms with Crippen molar-refractivity contribution in [3.05, 3.63) is 115 Å². The van der Waals surface area contributed by atoms with E-state index >= 15 is 0 Å². The molecule has 2 heterocycles. The first-order chi connectivity index (χ1) is 20.4. The van der Waals surface area contributed by atoms with Gasteiger partial charge in [-0.1, -0.05) is 42.0 Å². The van der Waals surface area contributed by atoms with E-state index in [1.165, 1.54) is 12.2 Å². The van der Waals surface area contributed by atoms with Crippen LogP contribution in [0, 0.1) is 3.57 Å². The third-order valence-corrected chi connectivity index (χ3v) is 9.04. The van der Waals surface area contributed by atoms with E-state index in [1.54, 1.807) is 47.3 Å². The maximum atomic E-state index is 13.4. The van der Waals surface area contributed by atoms with Crippen LogP contribution in [-0.4, -0.2) is 61.6 Å². The quantitative estimate of drug-likeness (QED) is 0.155. The monoisotopic (exact) mass is 717 g/mol. The van der Waals surface area contributed by atoms with Gasteiger partial charge in [-0.3, -0.25) is 9.59 Å². The number of hydrogen-bond donors (Lipinski definition) is 4. The number of halogens is 2. The number of carbonyl (C=O) groups excluding carboxylic acids is 2. The first kappa shape index (κ1) is 32.3. The molecular weight excluding hydrogens is 685 g/mol. The van der Waals surface area contributed by atoms with Crippen molar-refractivity contribution in [1.82, 2.24) is 15.1 Å². The van der Waals surface area contributed by atoms with Gasteiger partial charge in [0.15, 0.2) is 0 Å². The Hall–Kier alpha value is -3.61. The number of carbonyl (C=O) groups is 3. The number of fused-ring (bicyclic) bond motifs is 1. The van der Waals surface area contributed by atoms with Crippen LogP contribution in [0.4, 0.5) is 0 Å². The van der Waals surface area contributed by atoms with Gasteiger partial charge in [-0.2, -0.15) is 0 Å². The lowest BCUT2D eigenvalue weighted by Crippen LogP contribution is -2.42. The molecular formula is C32H33ClIN3O6. The summed E-state index contributed by atoms with van der Waals surface area (Å²) in [6.45, 7) is 9.82. The maximum absolute atomic E-state index is 13.4. The summed E-state index contributed by atoms with van der Waals surface area (Å²) < 4.78 is 0.620. The number of carboxylic acids is 1. The number of amides is 2. The number of aliphatic hydroxyl groups excluding tert-OH is 2. The highest BCUT2D eigenvalue weighted by atomic mass is 127. The third kappa shape index (κ3) is 7.31. The summed E-state index contributed by atoms with van der Waals surface area (Å²) in [7, 11) is 0. The van der Waals surface area contributed by atoms with Crippen molar-refractivity contribution in [2.24, 2.45) is 0 Å². The van der Waals surface area contributed by atoms with E-state index < -0.39 is 24.0 Å². The molecule has 9 nitrogen and oxygen atoms in total. The Morgan fingerprint density at radius 2 is 2.02 bits per heavy atom. The molecule has 0 bridgehead atoms. The van der Waals surface area contributed by atoms with Crippen molar-refractivity contribution in [2.45, 2.75) is 51.3 Å². The van der Waals surface area contributed by atoms with E-state index in [-0.39, 0.29) is 35.2 Å². The van der Waals surface area contributed by atoms with Gasteiger partial charge in [0.25, 0.3) is 11.8 Å². The molecule has 0 radical (unpaired) electrons. The minimum atomic E-state index is -1.19. The minimum Gasteiger partial charge on any atom is -0.506 e. The second-order valence-electron chi connectivity index (χ2n) is 10.5. The van der Waals surface area contributed by atoms with E-state index in [0.29, 0.717) is 46.2 Å². The van der Waals surface area contributed by atoms with Gasteiger partial charge in [0.1, 0.15) is 11.8 Å². The van der Waals surface area contributed by atoms with Crippen molar-refractivity contribution < 1.29 is 29.7 Å². The Bertz CT molecular complexity index is 1540. The fraction of sp³-hybridized carbons (Fsp3) is 0.281. The van der Waals surface area contributed by atoms with Crippen LogP contribution >= 0.6 is 34.2 Å². The number of allylic oxidation sites excluding steroid dienone is 3. The predicted molar refractivity (Wildman–Crippen MR) is 173 cm³/mol. The lowest BCUT2D eigenvalue weighted by molar-refractivity contribution is -0.139. The highest BCUT2D eigenvalue weighted by molar-refractivity contribution is 14.1. The minimum absolute atomic E-state index is 0.0188. The van der Waals surface area contributed by atoms with Gasteiger partial charge in [-0.25, -0.2) is 4.79 Å². The van der Waals surface area contributed by atoms with Gasteiger partial charge in [0.2, 0.25) is 0 Å². The first-order valence-electron chi connectivity index (χ1n) is 13.7. The van der Waals surface area contributed by atoms with Crippen molar-refractivity contribution in [1.29, 1.82) is 0 Å². The third-order valence-electron chi connectivity index (χ3n) is 7.55. The summed E-state index contributed by atoms with van der Waals surface area (Å²) in [6.07, 6.45) is 12.5. The summed E-state index contributed by atoms with van der Waals surface area (Å²) >= 11 is 8.66. The topological polar surface area (TPSA) is 130 Å². The molecule has 0 spiro atoms. The summed E-state index contributed by atoms with van der Waals surface area (Å²) in [6, 6.07) is 0.477. The number of rotatable bonds is 9. The molecule has 1 aromatic carbocycles. The number of aliphatic carboxylic acids is 1. The fourth-order valence-corrected chi connectivity index (χ4v) is 6.82. The molecule has 3 aliphatic rings. The van der Waals surface area contributed by atoms with E-state index in [9.17, 15) is 29.7 Å². The smallest absolute Gasteiger partial charge is 0.326 e.